The van der Waals surface area contributed by atoms with Gasteiger partial charge in [0.15, 0.2) is 0 Å². The van der Waals surface area contributed by atoms with E-state index in [0.29, 0.717) is 17.1 Å². The highest BCUT2D eigenvalue weighted by molar-refractivity contribution is 6.53. The van der Waals surface area contributed by atoms with Gasteiger partial charge in [0.2, 0.25) is 0 Å². The number of ether oxygens (including phenoxy) is 1. The molecule has 1 heterocycles. The van der Waals surface area contributed by atoms with Gasteiger partial charge >= 0.3 is 5.97 Å². The second-order valence-corrected chi connectivity index (χ2v) is 6.73. The Hall–Kier alpha value is -2.83. The molecule has 0 unspecified atom stereocenters. The molecule has 0 aromatic heterocycles. The summed E-state index contributed by atoms with van der Waals surface area (Å²) < 4.78 is 5.15. The van der Waals surface area contributed by atoms with Crippen molar-refractivity contribution < 1.29 is 19.1 Å². The quantitative estimate of drug-likeness (QED) is 0.557. The third kappa shape index (κ3) is 3.88. The molecule has 0 spiro atoms. The van der Waals surface area contributed by atoms with E-state index < -0.39 is 17.8 Å². The normalized spacial score (nSPS) is 13.9. The number of nitrogens with zero attached hydrogens (tertiary/aromatic N) is 1. The summed E-state index contributed by atoms with van der Waals surface area (Å²) in [7, 11) is 0. The van der Waals surface area contributed by atoms with Crippen LogP contribution in [-0.2, 0) is 14.3 Å². The molecule has 144 valence electrons. The number of esters is 1. The maximum absolute atomic E-state index is 12.9. The van der Waals surface area contributed by atoms with E-state index in [-0.39, 0.29) is 28.6 Å². The van der Waals surface area contributed by atoms with Crippen molar-refractivity contribution in [2.24, 2.45) is 0 Å². The Kier molecular flexibility index (Phi) is 6.02. The Morgan fingerprint density at radius 2 is 1.71 bits per heavy atom. The summed E-state index contributed by atoms with van der Waals surface area (Å²) in [5.74, 6) is -2.01. The van der Waals surface area contributed by atoms with Crippen LogP contribution in [0.25, 0.3) is 0 Å². The molecule has 2 aromatic rings. The first-order valence-corrected chi connectivity index (χ1v) is 9.27. The van der Waals surface area contributed by atoms with E-state index >= 15 is 0 Å². The summed E-state index contributed by atoms with van der Waals surface area (Å²) in [4.78, 5) is 38.8. The fraction of sp³-hybridized carbons (Fsp3) is 0.150. The minimum atomic E-state index is -0.723. The molecule has 0 saturated carbocycles. The maximum Gasteiger partial charge on any atom is 0.340 e. The summed E-state index contributed by atoms with van der Waals surface area (Å²) in [5, 5.41) is 3.10. The standard InChI is InChI=1S/C20H16Cl2N2O4/c1-2-11-28-20(27)14-5-3-4-6-15(14)24-18(25)16(22)17(19(24)26)23-13-9-7-12(21)8-10-13/h3-10,23H,2,11H2,1H3. The molecule has 28 heavy (non-hydrogen) atoms. The Balaban J connectivity index is 1.91. The maximum atomic E-state index is 12.9. The first kappa shape index (κ1) is 19.9. The van der Waals surface area contributed by atoms with Gasteiger partial charge in [-0.05, 0) is 42.8 Å². The number of imide groups is 1. The lowest BCUT2D eigenvalue weighted by atomic mass is 10.1. The zero-order chi connectivity index (χ0) is 20.3. The number of hydrogen-bond donors (Lipinski definition) is 1. The molecule has 0 atom stereocenters. The number of benzene rings is 2. The number of rotatable bonds is 6. The number of amides is 2. The van der Waals surface area contributed by atoms with Crippen LogP contribution in [0.5, 0.6) is 0 Å². The van der Waals surface area contributed by atoms with E-state index in [1.807, 2.05) is 6.92 Å². The summed E-state index contributed by atoms with van der Waals surface area (Å²) >= 11 is 12.0. The lowest BCUT2D eigenvalue weighted by Crippen LogP contribution is -2.33. The Morgan fingerprint density at radius 3 is 2.39 bits per heavy atom. The fourth-order valence-electron chi connectivity index (χ4n) is 2.62. The van der Waals surface area contributed by atoms with E-state index in [0.717, 1.165) is 4.90 Å². The molecule has 0 fully saturated rings. The minimum Gasteiger partial charge on any atom is -0.462 e. The monoisotopic (exact) mass is 418 g/mol. The van der Waals surface area contributed by atoms with E-state index in [4.69, 9.17) is 27.9 Å². The molecule has 0 saturated heterocycles. The lowest BCUT2D eigenvalue weighted by Gasteiger charge is -2.18. The predicted octanol–water partition coefficient (Wildman–Crippen LogP) is 4.34. The number of carbonyl (C=O) groups excluding carboxylic acids is 3. The number of anilines is 2. The smallest absolute Gasteiger partial charge is 0.340 e. The molecule has 1 aliphatic rings. The van der Waals surface area contributed by atoms with Gasteiger partial charge in [-0.25, -0.2) is 9.69 Å². The molecular formula is C20H16Cl2N2O4. The van der Waals surface area contributed by atoms with E-state index in [1.165, 1.54) is 12.1 Å². The van der Waals surface area contributed by atoms with Crippen molar-refractivity contribution in [3.8, 4) is 0 Å². The van der Waals surface area contributed by atoms with Crippen molar-refractivity contribution in [1.29, 1.82) is 0 Å². The van der Waals surface area contributed by atoms with E-state index in [2.05, 4.69) is 5.32 Å². The predicted molar refractivity (Wildman–Crippen MR) is 107 cm³/mol. The largest absolute Gasteiger partial charge is 0.462 e. The highest BCUT2D eigenvalue weighted by Gasteiger charge is 2.40. The average molecular weight is 419 g/mol. The summed E-state index contributed by atoms with van der Waals surface area (Å²) in [6.45, 7) is 2.10. The van der Waals surface area contributed by atoms with Gasteiger partial charge in [0.1, 0.15) is 10.7 Å². The molecule has 8 heteroatoms. The van der Waals surface area contributed by atoms with Crippen LogP contribution in [0.3, 0.4) is 0 Å². The van der Waals surface area contributed by atoms with Crippen LogP contribution in [0.4, 0.5) is 11.4 Å². The van der Waals surface area contributed by atoms with Gasteiger partial charge in [-0.1, -0.05) is 42.3 Å². The Bertz CT molecular complexity index is 970. The third-order valence-corrected chi connectivity index (χ3v) is 4.55. The highest BCUT2D eigenvalue weighted by Crippen LogP contribution is 2.32. The van der Waals surface area contributed by atoms with E-state index in [9.17, 15) is 14.4 Å². The molecule has 1 N–H and O–H groups in total. The summed E-state index contributed by atoms with van der Waals surface area (Å²) in [5.41, 5.74) is 0.682. The SMILES string of the molecule is CCCOC(=O)c1ccccc1N1C(=O)C(Cl)=C(Nc2ccc(Cl)cc2)C1=O. The molecule has 2 amide bonds. The van der Waals surface area contributed by atoms with Gasteiger partial charge in [0.25, 0.3) is 11.8 Å². The molecule has 0 radical (unpaired) electrons. The van der Waals surface area contributed by atoms with Gasteiger partial charge in [0, 0.05) is 10.7 Å². The Labute approximate surface area is 171 Å². The van der Waals surface area contributed by atoms with Crippen LogP contribution in [0.1, 0.15) is 23.7 Å². The highest BCUT2D eigenvalue weighted by atomic mass is 35.5. The molecule has 0 bridgehead atoms. The van der Waals surface area contributed by atoms with E-state index in [1.54, 1.807) is 36.4 Å². The number of hydrogen-bond acceptors (Lipinski definition) is 5. The zero-order valence-electron chi connectivity index (χ0n) is 14.9. The van der Waals surface area contributed by atoms with Gasteiger partial charge < -0.3 is 10.1 Å². The van der Waals surface area contributed by atoms with Crippen molar-refractivity contribution in [1.82, 2.24) is 0 Å². The molecular weight excluding hydrogens is 403 g/mol. The second-order valence-electron chi connectivity index (χ2n) is 5.92. The van der Waals surface area contributed by atoms with Crippen LogP contribution in [0, 0.1) is 0 Å². The fourth-order valence-corrected chi connectivity index (χ4v) is 2.96. The summed E-state index contributed by atoms with van der Waals surface area (Å²) in [6, 6.07) is 12.8. The lowest BCUT2D eigenvalue weighted by molar-refractivity contribution is -0.120. The van der Waals surface area contributed by atoms with Crippen LogP contribution in [-0.4, -0.2) is 24.4 Å². The topological polar surface area (TPSA) is 75.7 Å². The van der Waals surface area contributed by atoms with Crippen molar-refractivity contribution in [3.05, 3.63) is 69.8 Å². The number of nitrogens with one attached hydrogen (secondary N) is 1. The average Bonchev–Trinajstić information content (AvgIpc) is 2.91. The molecule has 2 aromatic carbocycles. The first-order valence-electron chi connectivity index (χ1n) is 8.51. The second kappa shape index (κ2) is 8.46. The third-order valence-electron chi connectivity index (χ3n) is 3.94. The molecule has 3 rings (SSSR count). The van der Waals surface area contributed by atoms with Crippen LogP contribution < -0.4 is 10.2 Å². The van der Waals surface area contributed by atoms with Crippen molar-refractivity contribution >= 4 is 52.4 Å². The number of para-hydroxylation sites is 1. The van der Waals surface area contributed by atoms with Crippen molar-refractivity contribution in [2.75, 3.05) is 16.8 Å². The first-order chi connectivity index (χ1) is 13.4. The summed E-state index contributed by atoms with van der Waals surface area (Å²) in [6.07, 6.45) is 0.651. The van der Waals surface area contributed by atoms with Gasteiger partial charge in [-0.2, -0.15) is 0 Å². The molecule has 0 aliphatic carbocycles. The van der Waals surface area contributed by atoms with Crippen LogP contribution in [0.2, 0.25) is 5.02 Å². The number of carbonyl (C=O) groups is 3. The Morgan fingerprint density at radius 1 is 1.04 bits per heavy atom. The number of halogens is 2. The molecule has 6 nitrogen and oxygen atoms in total. The zero-order valence-corrected chi connectivity index (χ0v) is 16.4. The minimum absolute atomic E-state index is 0.0780. The van der Waals surface area contributed by atoms with Crippen LogP contribution in [0.15, 0.2) is 59.3 Å². The van der Waals surface area contributed by atoms with Gasteiger partial charge in [0.05, 0.1) is 17.9 Å². The van der Waals surface area contributed by atoms with Crippen molar-refractivity contribution in [3.63, 3.8) is 0 Å². The van der Waals surface area contributed by atoms with Gasteiger partial charge in [-0.3, -0.25) is 9.59 Å². The van der Waals surface area contributed by atoms with Gasteiger partial charge in [-0.15, -0.1) is 0 Å². The molecule has 1 aliphatic heterocycles. The van der Waals surface area contributed by atoms with Crippen LogP contribution >= 0.6 is 23.2 Å². The van der Waals surface area contributed by atoms with Crippen molar-refractivity contribution in [2.45, 2.75) is 13.3 Å².